The fraction of sp³-hybridized carbons (Fsp3) is 0.333. The molecule has 0 unspecified atom stereocenters. The Labute approximate surface area is 114 Å². The standard InChI is InChI=1S/C15H20N4/c1-4-14-17-13(16)9-15(18-14)19(3)10-12-8-6-5-7-11(12)2/h5-9H,4,10H2,1-3H3,(H2,16,17,18). The third kappa shape index (κ3) is 3.22. The van der Waals surface area contributed by atoms with Crippen LogP contribution in [0.1, 0.15) is 23.9 Å². The van der Waals surface area contributed by atoms with Crippen LogP contribution in [-0.2, 0) is 13.0 Å². The van der Waals surface area contributed by atoms with Gasteiger partial charge in [0, 0.05) is 26.1 Å². The van der Waals surface area contributed by atoms with Crippen LogP contribution in [0, 0.1) is 6.92 Å². The molecular formula is C15H20N4. The Morgan fingerprint density at radius 3 is 2.63 bits per heavy atom. The second-order valence-corrected chi connectivity index (χ2v) is 4.70. The zero-order chi connectivity index (χ0) is 13.8. The van der Waals surface area contributed by atoms with E-state index in [1.54, 1.807) is 0 Å². The van der Waals surface area contributed by atoms with Crippen LogP contribution in [0.15, 0.2) is 30.3 Å². The molecule has 0 saturated carbocycles. The Morgan fingerprint density at radius 2 is 1.95 bits per heavy atom. The molecule has 0 radical (unpaired) electrons. The summed E-state index contributed by atoms with van der Waals surface area (Å²) in [6.45, 7) is 4.96. The Hall–Kier alpha value is -2.10. The lowest BCUT2D eigenvalue weighted by Gasteiger charge is -2.20. The highest BCUT2D eigenvalue weighted by atomic mass is 15.2. The highest BCUT2D eigenvalue weighted by Crippen LogP contribution is 2.17. The fourth-order valence-electron chi connectivity index (χ4n) is 1.98. The number of nitrogens with zero attached hydrogens (tertiary/aromatic N) is 3. The molecule has 2 N–H and O–H groups in total. The largest absolute Gasteiger partial charge is 0.384 e. The molecule has 19 heavy (non-hydrogen) atoms. The molecule has 0 bridgehead atoms. The monoisotopic (exact) mass is 256 g/mol. The normalized spacial score (nSPS) is 10.5. The van der Waals surface area contributed by atoms with E-state index in [0.29, 0.717) is 5.82 Å². The molecular weight excluding hydrogens is 236 g/mol. The zero-order valence-electron chi connectivity index (χ0n) is 11.7. The Kier molecular flexibility index (Phi) is 4.00. The number of hydrogen-bond acceptors (Lipinski definition) is 4. The van der Waals surface area contributed by atoms with E-state index in [9.17, 15) is 0 Å². The van der Waals surface area contributed by atoms with Gasteiger partial charge in [-0.2, -0.15) is 0 Å². The third-order valence-electron chi connectivity index (χ3n) is 3.15. The lowest BCUT2D eigenvalue weighted by Crippen LogP contribution is -2.19. The molecule has 0 fully saturated rings. The molecule has 0 amide bonds. The van der Waals surface area contributed by atoms with Crippen molar-refractivity contribution in [2.75, 3.05) is 17.7 Å². The van der Waals surface area contributed by atoms with E-state index in [2.05, 4.69) is 46.1 Å². The van der Waals surface area contributed by atoms with Crippen molar-refractivity contribution in [3.05, 3.63) is 47.3 Å². The van der Waals surface area contributed by atoms with Gasteiger partial charge >= 0.3 is 0 Å². The van der Waals surface area contributed by atoms with E-state index >= 15 is 0 Å². The van der Waals surface area contributed by atoms with Crippen molar-refractivity contribution in [2.45, 2.75) is 26.8 Å². The summed E-state index contributed by atoms with van der Waals surface area (Å²) in [5.74, 6) is 2.18. The molecule has 0 aliphatic carbocycles. The number of aryl methyl sites for hydroxylation is 2. The van der Waals surface area contributed by atoms with Crippen LogP contribution in [-0.4, -0.2) is 17.0 Å². The van der Waals surface area contributed by atoms with Crippen molar-refractivity contribution in [1.82, 2.24) is 9.97 Å². The molecule has 0 aliphatic rings. The summed E-state index contributed by atoms with van der Waals surface area (Å²) in [6, 6.07) is 10.2. The summed E-state index contributed by atoms with van der Waals surface area (Å²) in [6.07, 6.45) is 0.788. The van der Waals surface area contributed by atoms with Gasteiger partial charge in [-0.1, -0.05) is 31.2 Å². The van der Waals surface area contributed by atoms with Gasteiger partial charge in [-0.15, -0.1) is 0 Å². The van der Waals surface area contributed by atoms with Crippen LogP contribution in [0.4, 0.5) is 11.6 Å². The Balaban J connectivity index is 2.22. The number of aromatic nitrogens is 2. The van der Waals surface area contributed by atoms with E-state index < -0.39 is 0 Å². The number of rotatable bonds is 4. The summed E-state index contributed by atoms with van der Waals surface area (Å²) >= 11 is 0. The number of anilines is 2. The maximum Gasteiger partial charge on any atom is 0.134 e. The van der Waals surface area contributed by atoms with Crippen LogP contribution in [0.3, 0.4) is 0 Å². The topological polar surface area (TPSA) is 55.0 Å². The molecule has 100 valence electrons. The summed E-state index contributed by atoms with van der Waals surface area (Å²) in [5, 5.41) is 0. The highest BCUT2D eigenvalue weighted by Gasteiger charge is 2.08. The molecule has 4 heteroatoms. The highest BCUT2D eigenvalue weighted by molar-refractivity contribution is 5.47. The molecule has 1 heterocycles. The molecule has 4 nitrogen and oxygen atoms in total. The lowest BCUT2D eigenvalue weighted by molar-refractivity contribution is 0.857. The van der Waals surface area contributed by atoms with Gasteiger partial charge in [0.05, 0.1) is 0 Å². The Bertz CT molecular complexity index is 566. The first-order chi connectivity index (χ1) is 9.10. The van der Waals surface area contributed by atoms with E-state index in [0.717, 1.165) is 24.6 Å². The lowest BCUT2D eigenvalue weighted by atomic mass is 10.1. The minimum absolute atomic E-state index is 0.526. The van der Waals surface area contributed by atoms with Gasteiger partial charge in [0.1, 0.15) is 17.5 Å². The number of benzene rings is 1. The van der Waals surface area contributed by atoms with Gasteiger partial charge < -0.3 is 10.6 Å². The quantitative estimate of drug-likeness (QED) is 0.913. The molecule has 1 aromatic carbocycles. The molecule has 2 aromatic rings. The van der Waals surface area contributed by atoms with Crippen LogP contribution in [0.2, 0.25) is 0 Å². The smallest absolute Gasteiger partial charge is 0.134 e. The first-order valence-corrected chi connectivity index (χ1v) is 6.49. The average molecular weight is 256 g/mol. The van der Waals surface area contributed by atoms with E-state index in [1.807, 2.05) is 20.0 Å². The number of hydrogen-bond donors (Lipinski definition) is 1. The minimum atomic E-state index is 0.526. The van der Waals surface area contributed by atoms with Gasteiger partial charge in [0.25, 0.3) is 0 Å². The maximum atomic E-state index is 5.82. The average Bonchev–Trinajstić information content (AvgIpc) is 2.40. The molecule has 0 atom stereocenters. The molecule has 2 rings (SSSR count). The van der Waals surface area contributed by atoms with Crippen molar-refractivity contribution in [1.29, 1.82) is 0 Å². The minimum Gasteiger partial charge on any atom is -0.384 e. The van der Waals surface area contributed by atoms with Crippen LogP contribution >= 0.6 is 0 Å². The van der Waals surface area contributed by atoms with Crippen LogP contribution in [0.25, 0.3) is 0 Å². The van der Waals surface area contributed by atoms with Gasteiger partial charge in [0.2, 0.25) is 0 Å². The third-order valence-corrected chi connectivity index (χ3v) is 3.15. The van der Waals surface area contributed by atoms with Crippen LogP contribution in [0.5, 0.6) is 0 Å². The first kappa shape index (κ1) is 13.3. The van der Waals surface area contributed by atoms with Gasteiger partial charge in [-0.25, -0.2) is 9.97 Å². The fourth-order valence-corrected chi connectivity index (χ4v) is 1.98. The van der Waals surface area contributed by atoms with Crippen molar-refractivity contribution in [3.8, 4) is 0 Å². The summed E-state index contributed by atoms with van der Waals surface area (Å²) in [4.78, 5) is 10.8. The molecule has 1 aromatic heterocycles. The van der Waals surface area contributed by atoms with Gasteiger partial charge in [-0.05, 0) is 18.1 Å². The summed E-state index contributed by atoms with van der Waals surface area (Å²) in [5.41, 5.74) is 8.39. The Morgan fingerprint density at radius 1 is 1.21 bits per heavy atom. The van der Waals surface area contributed by atoms with Crippen molar-refractivity contribution >= 4 is 11.6 Å². The van der Waals surface area contributed by atoms with Gasteiger partial charge in [-0.3, -0.25) is 0 Å². The predicted octanol–water partition coefficient (Wildman–Crippen LogP) is 2.57. The predicted molar refractivity (Wildman–Crippen MR) is 79.1 cm³/mol. The number of nitrogen functional groups attached to an aromatic ring is 1. The van der Waals surface area contributed by atoms with E-state index in [-0.39, 0.29) is 0 Å². The second-order valence-electron chi connectivity index (χ2n) is 4.70. The second kappa shape index (κ2) is 5.69. The molecule has 0 spiro atoms. The summed E-state index contributed by atoms with van der Waals surface area (Å²) < 4.78 is 0. The van der Waals surface area contributed by atoms with Gasteiger partial charge in [0.15, 0.2) is 0 Å². The zero-order valence-corrected chi connectivity index (χ0v) is 11.7. The van der Waals surface area contributed by atoms with Crippen molar-refractivity contribution < 1.29 is 0 Å². The van der Waals surface area contributed by atoms with E-state index in [1.165, 1.54) is 11.1 Å². The number of nitrogens with two attached hydrogens (primary N) is 1. The van der Waals surface area contributed by atoms with Crippen molar-refractivity contribution in [3.63, 3.8) is 0 Å². The molecule has 0 saturated heterocycles. The molecule has 0 aliphatic heterocycles. The van der Waals surface area contributed by atoms with Crippen LogP contribution < -0.4 is 10.6 Å². The van der Waals surface area contributed by atoms with Crippen molar-refractivity contribution in [2.24, 2.45) is 0 Å². The van der Waals surface area contributed by atoms with E-state index in [4.69, 9.17) is 5.73 Å². The SMILES string of the molecule is CCc1nc(N)cc(N(C)Cc2ccccc2C)n1. The maximum absolute atomic E-state index is 5.82. The first-order valence-electron chi connectivity index (χ1n) is 6.49. The summed E-state index contributed by atoms with van der Waals surface area (Å²) in [7, 11) is 2.02.